The minimum absolute atomic E-state index is 0.721. The molecule has 0 amide bonds. The summed E-state index contributed by atoms with van der Waals surface area (Å²) in [7, 11) is 0. The van der Waals surface area contributed by atoms with Crippen molar-refractivity contribution in [2.45, 2.75) is 26.7 Å². The predicted molar refractivity (Wildman–Crippen MR) is 54.1 cm³/mol. The second kappa shape index (κ2) is 4.66. The van der Waals surface area contributed by atoms with Crippen molar-refractivity contribution in [3.63, 3.8) is 0 Å². The Morgan fingerprint density at radius 1 is 1.58 bits per heavy atom. The number of hydrogen-bond donors (Lipinski definition) is 1. The summed E-state index contributed by atoms with van der Waals surface area (Å²) in [6.07, 6.45) is 4.79. The minimum atomic E-state index is 0.721. The van der Waals surface area contributed by atoms with Gasteiger partial charge in [-0.15, -0.1) is 6.58 Å². The van der Waals surface area contributed by atoms with Gasteiger partial charge in [-0.1, -0.05) is 26.3 Å². The van der Waals surface area contributed by atoms with Gasteiger partial charge in [-0.3, -0.25) is 0 Å². The van der Waals surface area contributed by atoms with E-state index < -0.39 is 0 Å². The molecule has 12 heavy (non-hydrogen) atoms. The van der Waals surface area contributed by atoms with Crippen molar-refractivity contribution >= 4 is 0 Å². The van der Waals surface area contributed by atoms with E-state index in [0.717, 1.165) is 24.3 Å². The van der Waals surface area contributed by atoms with Crippen LogP contribution in [0.25, 0.3) is 0 Å². The molecule has 1 heterocycles. The lowest BCUT2D eigenvalue weighted by Gasteiger charge is -2.18. The Hall–Kier alpha value is -0.300. The monoisotopic (exact) mass is 167 g/mol. The third kappa shape index (κ3) is 2.34. The van der Waals surface area contributed by atoms with Crippen LogP contribution in [-0.4, -0.2) is 13.1 Å². The molecule has 0 aromatic carbocycles. The van der Waals surface area contributed by atoms with Crippen LogP contribution in [0.15, 0.2) is 12.7 Å². The molecule has 3 unspecified atom stereocenters. The molecule has 1 aliphatic heterocycles. The van der Waals surface area contributed by atoms with Gasteiger partial charge in [-0.05, 0) is 30.7 Å². The average Bonchev–Trinajstić information content (AvgIpc) is 2.51. The zero-order valence-corrected chi connectivity index (χ0v) is 8.34. The van der Waals surface area contributed by atoms with Gasteiger partial charge >= 0.3 is 0 Å². The molecule has 0 aromatic rings. The molecule has 0 bridgehead atoms. The van der Waals surface area contributed by atoms with Crippen LogP contribution in [0.5, 0.6) is 0 Å². The second-order valence-corrected chi connectivity index (χ2v) is 4.07. The lowest BCUT2D eigenvalue weighted by molar-refractivity contribution is 0.366. The van der Waals surface area contributed by atoms with Gasteiger partial charge in [0.25, 0.3) is 0 Å². The van der Waals surface area contributed by atoms with Crippen LogP contribution >= 0.6 is 0 Å². The van der Waals surface area contributed by atoms with E-state index in [9.17, 15) is 0 Å². The van der Waals surface area contributed by atoms with Crippen molar-refractivity contribution in [3.8, 4) is 0 Å². The van der Waals surface area contributed by atoms with E-state index in [1.54, 1.807) is 0 Å². The first-order valence-electron chi connectivity index (χ1n) is 5.11. The number of nitrogens with one attached hydrogen (secondary N) is 1. The first-order valence-corrected chi connectivity index (χ1v) is 5.11. The molecule has 1 nitrogen and oxygen atoms in total. The van der Waals surface area contributed by atoms with Gasteiger partial charge in [0.15, 0.2) is 0 Å². The molecular weight excluding hydrogens is 146 g/mol. The smallest absolute Gasteiger partial charge is 0.00173 e. The Kier molecular flexibility index (Phi) is 3.80. The highest BCUT2D eigenvalue weighted by molar-refractivity contribution is 4.92. The molecule has 3 atom stereocenters. The van der Waals surface area contributed by atoms with Crippen molar-refractivity contribution in [2.75, 3.05) is 13.1 Å². The van der Waals surface area contributed by atoms with E-state index in [1.807, 2.05) is 0 Å². The Labute approximate surface area is 76.2 Å². The lowest BCUT2D eigenvalue weighted by Crippen LogP contribution is -2.13. The molecule has 70 valence electrons. The summed E-state index contributed by atoms with van der Waals surface area (Å²) in [6, 6.07) is 0. The molecule has 1 N–H and O–H groups in total. The molecule has 1 rings (SSSR count). The minimum Gasteiger partial charge on any atom is -0.316 e. The van der Waals surface area contributed by atoms with Gasteiger partial charge in [0.2, 0.25) is 0 Å². The van der Waals surface area contributed by atoms with E-state index in [4.69, 9.17) is 0 Å². The molecule has 0 saturated carbocycles. The summed E-state index contributed by atoms with van der Waals surface area (Å²) >= 11 is 0. The standard InChI is InChI=1S/C11H21N/c1-4-9(3)6-11-8-12-7-10(11)5-2/h5,9-12H,2,4,6-8H2,1,3H3. The maximum absolute atomic E-state index is 3.89. The van der Waals surface area contributed by atoms with Crippen LogP contribution in [0.4, 0.5) is 0 Å². The fourth-order valence-corrected chi connectivity index (χ4v) is 1.97. The summed E-state index contributed by atoms with van der Waals surface area (Å²) in [5, 5.41) is 3.43. The second-order valence-electron chi connectivity index (χ2n) is 4.07. The van der Waals surface area contributed by atoms with Crippen molar-refractivity contribution in [1.82, 2.24) is 5.32 Å². The van der Waals surface area contributed by atoms with Gasteiger partial charge in [0.05, 0.1) is 0 Å². The summed E-state index contributed by atoms with van der Waals surface area (Å²) < 4.78 is 0. The summed E-state index contributed by atoms with van der Waals surface area (Å²) in [5.74, 6) is 2.44. The largest absolute Gasteiger partial charge is 0.316 e. The molecule has 1 aliphatic rings. The van der Waals surface area contributed by atoms with Crippen LogP contribution in [0.2, 0.25) is 0 Å². The fraction of sp³-hybridized carbons (Fsp3) is 0.818. The zero-order chi connectivity index (χ0) is 8.97. The summed E-state index contributed by atoms with van der Waals surface area (Å²) in [5.41, 5.74) is 0. The molecule has 0 aromatic heterocycles. The fourth-order valence-electron chi connectivity index (χ4n) is 1.97. The van der Waals surface area contributed by atoms with Gasteiger partial charge < -0.3 is 5.32 Å². The van der Waals surface area contributed by atoms with Crippen LogP contribution < -0.4 is 5.32 Å². The maximum atomic E-state index is 3.89. The van der Waals surface area contributed by atoms with Gasteiger partial charge in [-0.2, -0.15) is 0 Å². The highest BCUT2D eigenvalue weighted by atomic mass is 14.9. The third-order valence-corrected chi connectivity index (χ3v) is 3.10. The predicted octanol–water partition coefficient (Wildman–Crippen LogP) is 2.44. The topological polar surface area (TPSA) is 12.0 Å². The van der Waals surface area contributed by atoms with Crippen LogP contribution in [0.3, 0.4) is 0 Å². The SMILES string of the molecule is C=CC1CNCC1CC(C)CC. The third-order valence-electron chi connectivity index (χ3n) is 3.10. The molecule has 1 saturated heterocycles. The number of rotatable bonds is 4. The van der Waals surface area contributed by atoms with Crippen molar-refractivity contribution in [1.29, 1.82) is 0 Å². The van der Waals surface area contributed by atoms with Crippen LogP contribution in [-0.2, 0) is 0 Å². The zero-order valence-electron chi connectivity index (χ0n) is 8.34. The molecule has 1 heteroatoms. The molecule has 0 radical (unpaired) electrons. The van der Waals surface area contributed by atoms with Crippen molar-refractivity contribution < 1.29 is 0 Å². The van der Waals surface area contributed by atoms with Gasteiger partial charge in [-0.25, -0.2) is 0 Å². The van der Waals surface area contributed by atoms with E-state index in [2.05, 4.69) is 31.8 Å². The highest BCUT2D eigenvalue weighted by Crippen LogP contribution is 2.25. The van der Waals surface area contributed by atoms with E-state index in [1.165, 1.54) is 19.4 Å². The number of hydrogen-bond acceptors (Lipinski definition) is 1. The average molecular weight is 167 g/mol. The molecule has 0 spiro atoms. The summed E-state index contributed by atoms with van der Waals surface area (Å²) in [4.78, 5) is 0. The normalized spacial score (nSPS) is 31.8. The summed E-state index contributed by atoms with van der Waals surface area (Å²) in [6.45, 7) is 10.8. The van der Waals surface area contributed by atoms with Gasteiger partial charge in [0, 0.05) is 6.54 Å². The molecule has 0 aliphatic carbocycles. The quantitative estimate of drug-likeness (QED) is 0.634. The van der Waals surface area contributed by atoms with Gasteiger partial charge in [0.1, 0.15) is 0 Å². The van der Waals surface area contributed by atoms with Crippen LogP contribution in [0.1, 0.15) is 26.7 Å². The first-order chi connectivity index (χ1) is 5.77. The highest BCUT2D eigenvalue weighted by Gasteiger charge is 2.25. The lowest BCUT2D eigenvalue weighted by atomic mass is 9.87. The maximum Gasteiger partial charge on any atom is 0.00173 e. The Morgan fingerprint density at radius 3 is 2.92 bits per heavy atom. The first kappa shape index (κ1) is 9.79. The Balaban J connectivity index is 2.35. The Morgan fingerprint density at radius 2 is 2.33 bits per heavy atom. The van der Waals surface area contributed by atoms with E-state index in [-0.39, 0.29) is 0 Å². The van der Waals surface area contributed by atoms with Crippen LogP contribution in [0, 0.1) is 17.8 Å². The molecule has 1 fully saturated rings. The Bertz CT molecular complexity index is 142. The van der Waals surface area contributed by atoms with Crippen molar-refractivity contribution in [2.24, 2.45) is 17.8 Å². The van der Waals surface area contributed by atoms with Crippen molar-refractivity contribution in [3.05, 3.63) is 12.7 Å². The van der Waals surface area contributed by atoms with E-state index >= 15 is 0 Å². The molecular formula is C11H21N. The van der Waals surface area contributed by atoms with E-state index in [0.29, 0.717) is 0 Å².